The lowest BCUT2D eigenvalue weighted by molar-refractivity contribution is 0.0914. The number of furan rings is 1. The predicted octanol–water partition coefficient (Wildman–Crippen LogP) is 2.27. The summed E-state index contributed by atoms with van der Waals surface area (Å²) >= 11 is 0. The lowest BCUT2D eigenvalue weighted by Crippen LogP contribution is -2.47. The minimum Gasteiger partial charge on any atom is -0.463 e. The van der Waals surface area contributed by atoms with Crippen LogP contribution in [0.15, 0.2) is 39.7 Å². The molecule has 0 spiro atoms. The molecule has 0 saturated heterocycles. The van der Waals surface area contributed by atoms with Crippen LogP contribution in [-0.4, -0.2) is 23.5 Å². The number of nitrogens with one attached hydrogen (secondary N) is 2. The van der Waals surface area contributed by atoms with Gasteiger partial charge in [0.05, 0.1) is 12.0 Å². The Kier molecular flexibility index (Phi) is 5.15. The Morgan fingerprint density at radius 3 is 2.71 bits per heavy atom. The van der Waals surface area contributed by atoms with Crippen molar-refractivity contribution in [3.8, 4) is 11.5 Å². The number of H-pyrrole nitrogens is 1. The molecular formula is C18H23N3O3. The van der Waals surface area contributed by atoms with Crippen molar-refractivity contribution in [3.05, 3.63) is 46.4 Å². The third kappa shape index (κ3) is 3.59. The largest absolute Gasteiger partial charge is 0.463 e. The fraction of sp³-hybridized carbons (Fsp3) is 0.444. The van der Waals surface area contributed by atoms with E-state index in [-0.39, 0.29) is 17.5 Å². The van der Waals surface area contributed by atoms with Crippen molar-refractivity contribution in [2.45, 2.75) is 38.1 Å². The zero-order chi connectivity index (χ0) is 16.9. The molecule has 1 fully saturated rings. The highest BCUT2D eigenvalue weighted by Crippen LogP contribution is 2.26. The average Bonchev–Trinajstić information content (AvgIpc) is 3.14. The van der Waals surface area contributed by atoms with Gasteiger partial charge in [-0.15, -0.1) is 0 Å². The van der Waals surface area contributed by atoms with Crippen molar-refractivity contribution in [1.82, 2.24) is 10.3 Å². The Labute approximate surface area is 140 Å². The summed E-state index contributed by atoms with van der Waals surface area (Å²) in [5.41, 5.74) is 6.06. The minimum absolute atomic E-state index is 0.0815. The second-order valence-corrected chi connectivity index (χ2v) is 6.31. The minimum atomic E-state index is -0.430. The molecule has 1 aliphatic carbocycles. The first kappa shape index (κ1) is 16.5. The molecule has 1 aliphatic rings. The molecule has 1 amide bonds. The van der Waals surface area contributed by atoms with Crippen LogP contribution in [0, 0.1) is 5.92 Å². The number of aromatic amines is 1. The van der Waals surface area contributed by atoms with Gasteiger partial charge < -0.3 is 20.5 Å². The van der Waals surface area contributed by atoms with E-state index in [1.807, 2.05) is 0 Å². The van der Waals surface area contributed by atoms with E-state index < -0.39 is 5.56 Å². The van der Waals surface area contributed by atoms with Gasteiger partial charge in [-0.1, -0.05) is 19.3 Å². The van der Waals surface area contributed by atoms with Crippen LogP contribution in [0.2, 0.25) is 0 Å². The van der Waals surface area contributed by atoms with Crippen LogP contribution >= 0.6 is 0 Å². The summed E-state index contributed by atoms with van der Waals surface area (Å²) in [6.45, 7) is 0.388. The van der Waals surface area contributed by atoms with E-state index in [0.717, 1.165) is 12.8 Å². The molecule has 3 rings (SSSR count). The van der Waals surface area contributed by atoms with E-state index in [9.17, 15) is 9.59 Å². The van der Waals surface area contributed by atoms with E-state index >= 15 is 0 Å². The van der Waals surface area contributed by atoms with Crippen LogP contribution in [0.5, 0.6) is 0 Å². The third-order valence-corrected chi connectivity index (χ3v) is 4.73. The fourth-order valence-electron chi connectivity index (χ4n) is 3.38. The maximum atomic E-state index is 12.5. The summed E-state index contributed by atoms with van der Waals surface area (Å²) in [7, 11) is 0. The maximum Gasteiger partial charge on any atom is 0.261 e. The van der Waals surface area contributed by atoms with Crippen molar-refractivity contribution in [1.29, 1.82) is 0 Å². The molecule has 0 aromatic carbocycles. The van der Waals surface area contributed by atoms with Gasteiger partial charge in [-0.3, -0.25) is 9.59 Å². The fourth-order valence-corrected chi connectivity index (χ4v) is 3.38. The summed E-state index contributed by atoms with van der Waals surface area (Å²) in [5.74, 6) is 0.582. The summed E-state index contributed by atoms with van der Waals surface area (Å²) in [6.07, 6.45) is 7.29. The van der Waals surface area contributed by atoms with Crippen LogP contribution in [0.25, 0.3) is 11.5 Å². The molecule has 0 aliphatic heterocycles. The van der Waals surface area contributed by atoms with Gasteiger partial charge in [-0.25, -0.2) is 0 Å². The van der Waals surface area contributed by atoms with Gasteiger partial charge in [0.1, 0.15) is 11.3 Å². The molecule has 1 saturated carbocycles. The third-order valence-electron chi connectivity index (χ3n) is 4.73. The molecule has 0 bridgehead atoms. The topological polar surface area (TPSA) is 101 Å². The van der Waals surface area contributed by atoms with Crippen LogP contribution in [0.4, 0.5) is 0 Å². The number of rotatable bonds is 5. The van der Waals surface area contributed by atoms with Crippen molar-refractivity contribution < 1.29 is 9.21 Å². The Bertz CT molecular complexity index is 730. The number of pyridine rings is 1. The van der Waals surface area contributed by atoms with Gasteiger partial charge in [-0.2, -0.15) is 0 Å². The lowest BCUT2D eigenvalue weighted by atomic mass is 9.84. The van der Waals surface area contributed by atoms with E-state index in [1.54, 1.807) is 18.2 Å². The molecule has 6 heteroatoms. The Hall–Kier alpha value is -2.34. The summed E-state index contributed by atoms with van der Waals surface area (Å²) in [5, 5.41) is 2.94. The van der Waals surface area contributed by atoms with Gasteiger partial charge in [0.25, 0.3) is 11.5 Å². The van der Waals surface area contributed by atoms with E-state index in [4.69, 9.17) is 10.2 Å². The molecule has 2 heterocycles. The van der Waals surface area contributed by atoms with E-state index in [0.29, 0.717) is 23.9 Å². The number of aromatic nitrogens is 1. The second kappa shape index (κ2) is 7.49. The first-order chi connectivity index (χ1) is 11.7. The molecule has 0 radical (unpaired) electrons. The number of carbonyl (C=O) groups excluding carboxylic acids is 1. The van der Waals surface area contributed by atoms with Gasteiger partial charge in [0.2, 0.25) is 0 Å². The van der Waals surface area contributed by atoms with Gasteiger partial charge in [0, 0.05) is 12.6 Å². The highest BCUT2D eigenvalue weighted by atomic mass is 16.3. The average molecular weight is 329 g/mol. The predicted molar refractivity (Wildman–Crippen MR) is 91.6 cm³/mol. The zero-order valence-corrected chi connectivity index (χ0v) is 13.6. The smallest absolute Gasteiger partial charge is 0.261 e. The molecule has 2 aromatic rings. The normalized spacial score (nSPS) is 16.7. The molecule has 1 atom stereocenters. The molecule has 1 unspecified atom stereocenters. The van der Waals surface area contributed by atoms with Crippen LogP contribution < -0.4 is 16.6 Å². The number of amides is 1. The first-order valence-corrected chi connectivity index (χ1v) is 8.47. The molecule has 4 N–H and O–H groups in total. The van der Waals surface area contributed by atoms with Crippen LogP contribution in [0.3, 0.4) is 0 Å². The van der Waals surface area contributed by atoms with E-state index in [2.05, 4.69) is 10.3 Å². The lowest BCUT2D eigenvalue weighted by Gasteiger charge is -2.30. The maximum absolute atomic E-state index is 12.5. The molecule has 24 heavy (non-hydrogen) atoms. The monoisotopic (exact) mass is 329 g/mol. The standard InChI is InChI=1S/C18H23N3O3/c19-11-15(12-5-2-1-3-6-12)21-18(23)13-8-9-14(20-17(13)22)16-7-4-10-24-16/h4,7-10,12,15H,1-3,5-6,11,19H2,(H,20,22)(H,21,23). The summed E-state index contributed by atoms with van der Waals surface area (Å²) in [4.78, 5) is 27.4. The Morgan fingerprint density at radius 2 is 2.08 bits per heavy atom. The second-order valence-electron chi connectivity index (χ2n) is 6.31. The summed E-state index contributed by atoms with van der Waals surface area (Å²) in [6, 6.07) is 6.61. The van der Waals surface area contributed by atoms with Crippen LogP contribution in [-0.2, 0) is 0 Å². The highest BCUT2D eigenvalue weighted by Gasteiger charge is 2.25. The van der Waals surface area contributed by atoms with Crippen molar-refractivity contribution in [3.63, 3.8) is 0 Å². The van der Waals surface area contributed by atoms with Crippen molar-refractivity contribution in [2.75, 3.05) is 6.54 Å². The van der Waals surface area contributed by atoms with Gasteiger partial charge in [0.15, 0.2) is 0 Å². The highest BCUT2D eigenvalue weighted by molar-refractivity contribution is 5.94. The van der Waals surface area contributed by atoms with Crippen molar-refractivity contribution >= 4 is 5.91 Å². The number of carbonyl (C=O) groups is 1. The number of nitrogens with two attached hydrogens (primary N) is 1. The number of hydrogen-bond donors (Lipinski definition) is 3. The van der Waals surface area contributed by atoms with Crippen LogP contribution in [0.1, 0.15) is 42.5 Å². The van der Waals surface area contributed by atoms with Crippen molar-refractivity contribution in [2.24, 2.45) is 11.7 Å². The SMILES string of the molecule is NCC(NC(=O)c1ccc(-c2ccco2)[nH]c1=O)C1CCCCC1. The molecule has 6 nitrogen and oxygen atoms in total. The first-order valence-electron chi connectivity index (χ1n) is 8.47. The Morgan fingerprint density at radius 1 is 1.29 bits per heavy atom. The molecule has 128 valence electrons. The summed E-state index contributed by atoms with van der Waals surface area (Å²) < 4.78 is 5.25. The Balaban J connectivity index is 1.73. The number of hydrogen-bond acceptors (Lipinski definition) is 4. The molecule has 2 aromatic heterocycles. The van der Waals surface area contributed by atoms with Gasteiger partial charge in [-0.05, 0) is 43.0 Å². The van der Waals surface area contributed by atoms with E-state index in [1.165, 1.54) is 31.6 Å². The van der Waals surface area contributed by atoms with Gasteiger partial charge >= 0.3 is 0 Å². The molecular weight excluding hydrogens is 306 g/mol. The quantitative estimate of drug-likeness (QED) is 0.783. The zero-order valence-electron chi connectivity index (χ0n) is 13.6.